The number of aryl methyl sites for hydroxylation is 2. The molecule has 3 aromatic rings. The van der Waals surface area contributed by atoms with Gasteiger partial charge in [0.15, 0.2) is 0 Å². The van der Waals surface area contributed by atoms with E-state index in [-0.39, 0.29) is 0 Å². The number of benzene rings is 2. The summed E-state index contributed by atoms with van der Waals surface area (Å²) in [6, 6.07) is 13.4. The number of hydrogen-bond acceptors (Lipinski definition) is 6. The van der Waals surface area contributed by atoms with Crippen LogP contribution in [-0.4, -0.2) is 36.9 Å². The number of halogens is 3. The molecular formula is C34H47F3N2O3S. The van der Waals surface area contributed by atoms with E-state index in [2.05, 4.69) is 38.1 Å². The Hall–Kier alpha value is -2.62. The van der Waals surface area contributed by atoms with Gasteiger partial charge in [-0.1, -0.05) is 44.9 Å². The zero-order valence-corrected chi connectivity index (χ0v) is 27.1. The minimum atomic E-state index is -4.62. The fourth-order valence-electron chi connectivity index (χ4n) is 4.92. The molecule has 9 heteroatoms. The first-order valence-electron chi connectivity index (χ1n) is 15.1. The molecule has 2 atom stereocenters. The van der Waals surface area contributed by atoms with Crippen molar-refractivity contribution in [3.63, 3.8) is 0 Å². The molecule has 0 bridgehead atoms. The van der Waals surface area contributed by atoms with Crippen molar-refractivity contribution < 1.29 is 27.4 Å². The SMILES string of the molecule is CCCCCc1ccc(-c2cc3ccc(OCC(COC(=O)C(C)(C)C(N)CC(C)(C)N)C(F)(F)F)cc3s2)c(CC)c1. The molecule has 4 N–H and O–H groups in total. The molecule has 0 aliphatic heterocycles. The van der Waals surface area contributed by atoms with Gasteiger partial charge in [-0.25, -0.2) is 0 Å². The van der Waals surface area contributed by atoms with Crippen LogP contribution in [0.1, 0.15) is 78.4 Å². The van der Waals surface area contributed by atoms with Crippen LogP contribution >= 0.6 is 11.3 Å². The first kappa shape index (κ1) is 34.9. The maximum atomic E-state index is 13.9. The molecule has 1 heterocycles. The molecule has 0 fully saturated rings. The molecule has 238 valence electrons. The van der Waals surface area contributed by atoms with Crippen LogP contribution in [0.3, 0.4) is 0 Å². The van der Waals surface area contributed by atoms with Crippen LogP contribution in [0.2, 0.25) is 0 Å². The second-order valence-electron chi connectivity index (χ2n) is 12.8. The average molecular weight is 621 g/mol. The van der Waals surface area contributed by atoms with Crippen molar-refractivity contribution in [2.24, 2.45) is 22.8 Å². The zero-order chi connectivity index (χ0) is 32.0. The molecule has 3 rings (SSSR count). The van der Waals surface area contributed by atoms with Crippen molar-refractivity contribution >= 4 is 27.4 Å². The molecular weight excluding hydrogens is 573 g/mol. The minimum Gasteiger partial charge on any atom is -0.493 e. The molecule has 1 aromatic heterocycles. The van der Waals surface area contributed by atoms with Crippen LogP contribution in [0.25, 0.3) is 20.5 Å². The summed E-state index contributed by atoms with van der Waals surface area (Å²) >= 11 is 1.59. The quantitative estimate of drug-likeness (QED) is 0.132. The predicted molar refractivity (Wildman–Crippen MR) is 171 cm³/mol. The van der Waals surface area contributed by atoms with Gasteiger partial charge in [-0.3, -0.25) is 4.79 Å². The fourth-order valence-corrected chi connectivity index (χ4v) is 6.07. The number of thiophene rings is 1. The topological polar surface area (TPSA) is 87.6 Å². The molecule has 0 saturated carbocycles. The Balaban J connectivity index is 1.70. The minimum absolute atomic E-state index is 0.304. The van der Waals surface area contributed by atoms with Gasteiger partial charge in [0, 0.05) is 21.2 Å². The number of carbonyl (C=O) groups is 1. The summed E-state index contributed by atoms with van der Waals surface area (Å²) in [6.07, 6.45) is 1.27. The molecule has 0 amide bonds. The van der Waals surface area contributed by atoms with E-state index in [0.29, 0.717) is 12.2 Å². The summed E-state index contributed by atoms with van der Waals surface area (Å²) in [5.74, 6) is -2.46. The third-order valence-electron chi connectivity index (χ3n) is 7.91. The van der Waals surface area contributed by atoms with E-state index in [9.17, 15) is 18.0 Å². The number of fused-ring (bicyclic) bond motifs is 1. The summed E-state index contributed by atoms with van der Waals surface area (Å²) in [5.41, 5.74) is 14.2. The molecule has 2 aromatic carbocycles. The second kappa shape index (κ2) is 14.4. The van der Waals surface area contributed by atoms with Gasteiger partial charge >= 0.3 is 12.1 Å². The summed E-state index contributed by atoms with van der Waals surface area (Å²) in [7, 11) is 0. The number of alkyl halides is 3. The van der Waals surface area contributed by atoms with Crippen LogP contribution in [0, 0.1) is 11.3 Å². The number of unbranched alkanes of at least 4 members (excludes halogenated alkanes) is 2. The van der Waals surface area contributed by atoms with Gasteiger partial charge in [0.05, 0.1) is 5.41 Å². The van der Waals surface area contributed by atoms with Crippen LogP contribution in [0.4, 0.5) is 13.2 Å². The maximum absolute atomic E-state index is 13.9. The normalized spacial score (nSPS) is 14.1. The lowest BCUT2D eigenvalue weighted by atomic mass is 9.79. The van der Waals surface area contributed by atoms with E-state index in [1.165, 1.54) is 36.0 Å². The molecule has 0 saturated heterocycles. The van der Waals surface area contributed by atoms with Crippen molar-refractivity contribution in [1.82, 2.24) is 0 Å². The van der Waals surface area contributed by atoms with Crippen LogP contribution in [-0.2, 0) is 22.4 Å². The highest BCUT2D eigenvalue weighted by Crippen LogP contribution is 2.38. The first-order chi connectivity index (χ1) is 20.0. The Labute approximate surface area is 258 Å². The van der Waals surface area contributed by atoms with Crippen LogP contribution in [0.5, 0.6) is 5.75 Å². The van der Waals surface area contributed by atoms with E-state index < -0.39 is 48.3 Å². The van der Waals surface area contributed by atoms with E-state index in [0.717, 1.165) is 27.8 Å². The van der Waals surface area contributed by atoms with Gasteiger partial charge in [0.25, 0.3) is 0 Å². The van der Waals surface area contributed by atoms with E-state index in [4.69, 9.17) is 20.9 Å². The fraction of sp³-hybridized carbons (Fsp3) is 0.559. The summed E-state index contributed by atoms with van der Waals surface area (Å²) in [5, 5.41) is 1.00. The second-order valence-corrected chi connectivity index (χ2v) is 13.9. The first-order valence-corrected chi connectivity index (χ1v) is 15.9. The largest absolute Gasteiger partial charge is 0.493 e. The third kappa shape index (κ3) is 9.68. The van der Waals surface area contributed by atoms with E-state index in [1.54, 1.807) is 51.2 Å². The Morgan fingerprint density at radius 1 is 0.977 bits per heavy atom. The number of hydrogen-bond donors (Lipinski definition) is 2. The average Bonchev–Trinajstić information content (AvgIpc) is 3.34. The molecule has 2 unspecified atom stereocenters. The van der Waals surface area contributed by atoms with Crippen molar-refractivity contribution in [2.45, 2.75) is 97.8 Å². The standard InChI is InChI=1S/C34H47F3N2O3S/c1-7-9-10-11-22-12-15-27(23(8-2)16-22)29-17-24-13-14-26(18-28(24)43-29)41-20-25(34(35,36)37)21-42-31(40)33(5,6)30(38)19-32(3,4)39/h12-18,25,30H,7-11,19-21,38-39H2,1-6H3. The Bertz CT molecular complexity index is 1360. The number of nitrogens with two attached hydrogens (primary N) is 2. The molecule has 0 aliphatic carbocycles. The van der Waals surface area contributed by atoms with Crippen molar-refractivity contribution in [1.29, 1.82) is 0 Å². The number of esters is 1. The maximum Gasteiger partial charge on any atom is 0.398 e. The number of rotatable bonds is 15. The van der Waals surface area contributed by atoms with Gasteiger partial charge < -0.3 is 20.9 Å². The lowest BCUT2D eigenvalue weighted by molar-refractivity contribution is -0.199. The van der Waals surface area contributed by atoms with Gasteiger partial charge in [-0.15, -0.1) is 11.3 Å². The van der Waals surface area contributed by atoms with Gasteiger partial charge in [-0.05, 0) is 99.7 Å². The van der Waals surface area contributed by atoms with E-state index in [1.807, 2.05) is 6.07 Å². The Kier molecular flexibility index (Phi) is 11.7. The van der Waals surface area contributed by atoms with Crippen molar-refractivity contribution in [3.8, 4) is 16.2 Å². The van der Waals surface area contributed by atoms with Gasteiger partial charge in [-0.2, -0.15) is 13.2 Å². The van der Waals surface area contributed by atoms with Crippen LogP contribution < -0.4 is 16.2 Å². The lowest BCUT2D eigenvalue weighted by Gasteiger charge is -2.34. The third-order valence-corrected chi connectivity index (χ3v) is 9.04. The lowest BCUT2D eigenvalue weighted by Crippen LogP contribution is -2.50. The smallest absolute Gasteiger partial charge is 0.398 e. The number of ether oxygens (including phenoxy) is 2. The highest BCUT2D eigenvalue weighted by atomic mass is 32.1. The highest BCUT2D eigenvalue weighted by molar-refractivity contribution is 7.22. The Morgan fingerprint density at radius 3 is 2.33 bits per heavy atom. The predicted octanol–water partition coefficient (Wildman–Crippen LogP) is 8.44. The molecule has 0 radical (unpaired) electrons. The summed E-state index contributed by atoms with van der Waals surface area (Å²) in [4.78, 5) is 13.9. The van der Waals surface area contributed by atoms with E-state index >= 15 is 0 Å². The monoisotopic (exact) mass is 620 g/mol. The highest BCUT2D eigenvalue weighted by Gasteiger charge is 2.43. The molecule has 5 nitrogen and oxygen atoms in total. The Morgan fingerprint density at radius 2 is 1.70 bits per heavy atom. The van der Waals surface area contributed by atoms with Crippen molar-refractivity contribution in [3.05, 3.63) is 53.6 Å². The van der Waals surface area contributed by atoms with Gasteiger partial charge in [0.1, 0.15) is 24.9 Å². The molecule has 0 spiro atoms. The molecule has 0 aliphatic rings. The van der Waals surface area contributed by atoms with Crippen LogP contribution in [0.15, 0.2) is 42.5 Å². The molecule has 43 heavy (non-hydrogen) atoms. The zero-order valence-electron chi connectivity index (χ0n) is 26.3. The van der Waals surface area contributed by atoms with Crippen molar-refractivity contribution in [2.75, 3.05) is 13.2 Å². The summed E-state index contributed by atoms with van der Waals surface area (Å²) in [6.45, 7) is 9.48. The van der Waals surface area contributed by atoms with Gasteiger partial charge in [0.2, 0.25) is 0 Å². The number of carbonyl (C=O) groups excluding carboxylic acids is 1. The summed E-state index contributed by atoms with van der Waals surface area (Å²) < 4.78 is 53.3.